The fourth-order valence-electron chi connectivity index (χ4n) is 0.830. The van der Waals surface area contributed by atoms with Gasteiger partial charge in [0.25, 0.3) is 6.43 Å². The number of carbonyl (C=O) groups excluding carboxylic acids is 1. The van der Waals surface area contributed by atoms with Gasteiger partial charge in [-0.3, -0.25) is 9.78 Å². The molecule has 1 aromatic heterocycles. The molecule has 0 aliphatic heterocycles. The maximum Gasteiger partial charge on any atom is 0.281 e. The molecule has 1 aromatic rings. The van der Waals surface area contributed by atoms with Crippen molar-refractivity contribution in [1.29, 1.82) is 0 Å². The second-order valence-electron chi connectivity index (χ2n) is 2.24. The number of alkyl halides is 2. The molecule has 1 heterocycles. The maximum absolute atomic E-state index is 12.2. The third-order valence-electron chi connectivity index (χ3n) is 1.46. The molecule has 0 aromatic carbocycles. The van der Waals surface area contributed by atoms with Crippen LogP contribution >= 0.6 is 15.9 Å². The molecule has 0 saturated heterocycles. The number of pyridine rings is 1. The Bertz CT molecular complexity index is 344. The number of hydrogen-bond acceptors (Lipinski definition) is 3. The number of halogens is 3. The largest absolute Gasteiger partial charge is 0.397 e. The molecule has 70 valence electrons. The minimum Gasteiger partial charge on any atom is -0.397 e. The first kappa shape index (κ1) is 10.0. The number of nitrogen functional groups attached to an aromatic ring is 1. The average Bonchev–Trinajstić information content (AvgIpc) is 2.09. The second-order valence-corrected chi connectivity index (χ2v) is 3.09. The highest BCUT2D eigenvalue weighted by Crippen LogP contribution is 2.28. The minimum absolute atomic E-state index is 0.0136. The van der Waals surface area contributed by atoms with E-state index in [1.165, 1.54) is 0 Å². The molecule has 6 heteroatoms. The van der Waals surface area contributed by atoms with Crippen molar-refractivity contribution < 1.29 is 13.6 Å². The van der Waals surface area contributed by atoms with E-state index in [1.54, 1.807) is 0 Å². The van der Waals surface area contributed by atoms with Crippen molar-refractivity contribution in [3.8, 4) is 0 Å². The lowest BCUT2D eigenvalue weighted by Gasteiger charge is -2.06. The standard InChI is InChI=1S/C7H5BrF2N2O/c8-4-1-12-6(7(9)10)3(2-13)5(4)11/h1-2,7H,(H2,11,12). The molecule has 0 aliphatic rings. The van der Waals surface area contributed by atoms with Crippen LogP contribution < -0.4 is 5.73 Å². The van der Waals surface area contributed by atoms with E-state index in [9.17, 15) is 13.6 Å². The molecular weight excluding hydrogens is 246 g/mol. The van der Waals surface area contributed by atoms with E-state index >= 15 is 0 Å². The van der Waals surface area contributed by atoms with Crippen molar-refractivity contribution in [3.05, 3.63) is 21.9 Å². The Morgan fingerprint density at radius 3 is 2.69 bits per heavy atom. The van der Waals surface area contributed by atoms with Crippen LogP contribution in [0.3, 0.4) is 0 Å². The summed E-state index contributed by atoms with van der Waals surface area (Å²) in [4.78, 5) is 13.8. The summed E-state index contributed by atoms with van der Waals surface area (Å²) >= 11 is 2.98. The number of aldehydes is 1. The highest BCUT2D eigenvalue weighted by atomic mass is 79.9. The van der Waals surface area contributed by atoms with Crippen molar-refractivity contribution >= 4 is 27.9 Å². The number of aromatic nitrogens is 1. The molecule has 13 heavy (non-hydrogen) atoms. The molecule has 0 amide bonds. The Labute approximate surface area is 81.1 Å². The van der Waals surface area contributed by atoms with Crippen LogP contribution in [0, 0.1) is 0 Å². The number of carbonyl (C=O) groups is 1. The van der Waals surface area contributed by atoms with Crippen LogP contribution in [0.5, 0.6) is 0 Å². The Kier molecular flexibility index (Phi) is 2.92. The molecular formula is C7H5BrF2N2O. The first-order valence-electron chi connectivity index (χ1n) is 3.25. The third kappa shape index (κ3) is 1.82. The molecule has 0 unspecified atom stereocenters. The summed E-state index contributed by atoms with van der Waals surface area (Å²) in [6.07, 6.45) is -1.38. The van der Waals surface area contributed by atoms with Crippen LogP contribution in [0.1, 0.15) is 22.5 Å². The number of anilines is 1. The molecule has 3 nitrogen and oxygen atoms in total. The lowest BCUT2D eigenvalue weighted by molar-refractivity contribution is 0.110. The van der Waals surface area contributed by atoms with Gasteiger partial charge < -0.3 is 5.73 Å². The normalized spacial score (nSPS) is 10.5. The number of rotatable bonds is 2. The van der Waals surface area contributed by atoms with E-state index in [4.69, 9.17) is 5.73 Å². The highest BCUT2D eigenvalue weighted by Gasteiger charge is 2.17. The Balaban J connectivity index is 3.38. The smallest absolute Gasteiger partial charge is 0.281 e. The van der Waals surface area contributed by atoms with E-state index in [0.717, 1.165) is 6.20 Å². The fraction of sp³-hybridized carbons (Fsp3) is 0.143. The number of hydrogen-bond donors (Lipinski definition) is 1. The van der Waals surface area contributed by atoms with E-state index in [-0.39, 0.29) is 17.5 Å². The molecule has 0 spiro atoms. The first-order chi connectivity index (χ1) is 6.07. The second kappa shape index (κ2) is 3.78. The van der Waals surface area contributed by atoms with Gasteiger partial charge in [0.2, 0.25) is 0 Å². The summed E-state index contributed by atoms with van der Waals surface area (Å²) in [5, 5.41) is 0. The van der Waals surface area contributed by atoms with E-state index in [1.807, 2.05) is 0 Å². The zero-order chi connectivity index (χ0) is 10.0. The molecule has 0 fully saturated rings. The summed E-state index contributed by atoms with van der Waals surface area (Å²) < 4.78 is 24.8. The van der Waals surface area contributed by atoms with E-state index in [0.29, 0.717) is 4.47 Å². The minimum atomic E-state index is -2.80. The van der Waals surface area contributed by atoms with Crippen molar-refractivity contribution in [1.82, 2.24) is 4.98 Å². The average molecular weight is 251 g/mol. The van der Waals surface area contributed by atoms with Crippen LogP contribution in [-0.2, 0) is 0 Å². The van der Waals surface area contributed by atoms with Crippen molar-refractivity contribution in [2.75, 3.05) is 5.73 Å². The summed E-state index contributed by atoms with van der Waals surface area (Å²) in [5.41, 5.74) is 4.52. The lowest BCUT2D eigenvalue weighted by atomic mass is 10.2. The molecule has 0 bridgehead atoms. The predicted octanol–water partition coefficient (Wildman–Crippen LogP) is 2.18. The molecule has 1 rings (SSSR count). The molecule has 0 atom stereocenters. The summed E-state index contributed by atoms with van der Waals surface area (Å²) in [6.45, 7) is 0. The number of nitrogens with zero attached hydrogens (tertiary/aromatic N) is 1. The van der Waals surface area contributed by atoms with Gasteiger partial charge in [0.05, 0.1) is 15.7 Å². The van der Waals surface area contributed by atoms with Crippen LogP contribution in [-0.4, -0.2) is 11.3 Å². The Morgan fingerprint density at radius 2 is 2.23 bits per heavy atom. The first-order valence-corrected chi connectivity index (χ1v) is 4.04. The van der Waals surface area contributed by atoms with Crippen LogP contribution in [0.2, 0.25) is 0 Å². The van der Waals surface area contributed by atoms with Crippen LogP contribution in [0.15, 0.2) is 10.7 Å². The monoisotopic (exact) mass is 250 g/mol. The zero-order valence-electron chi connectivity index (χ0n) is 6.30. The van der Waals surface area contributed by atoms with Crippen molar-refractivity contribution in [3.63, 3.8) is 0 Å². The van der Waals surface area contributed by atoms with Gasteiger partial charge in [-0.25, -0.2) is 8.78 Å². The Morgan fingerprint density at radius 1 is 1.62 bits per heavy atom. The maximum atomic E-state index is 12.2. The van der Waals surface area contributed by atoms with E-state index < -0.39 is 12.1 Å². The SMILES string of the molecule is Nc1c(Br)cnc(C(F)F)c1C=O. The topological polar surface area (TPSA) is 56.0 Å². The third-order valence-corrected chi connectivity index (χ3v) is 2.10. The summed E-state index contributed by atoms with van der Waals surface area (Å²) in [5.74, 6) is 0. The van der Waals surface area contributed by atoms with E-state index in [2.05, 4.69) is 20.9 Å². The van der Waals surface area contributed by atoms with Gasteiger partial charge in [-0.2, -0.15) is 0 Å². The molecule has 0 saturated carbocycles. The van der Waals surface area contributed by atoms with Gasteiger partial charge in [0.15, 0.2) is 6.29 Å². The van der Waals surface area contributed by atoms with Gasteiger partial charge in [-0.1, -0.05) is 0 Å². The van der Waals surface area contributed by atoms with Crippen molar-refractivity contribution in [2.24, 2.45) is 0 Å². The fourth-order valence-corrected chi connectivity index (χ4v) is 1.15. The zero-order valence-corrected chi connectivity index (χ0v) is 7.88. The Hall–Kier alpha value is -1.04. The quantitative estimate of drug-likeness (QED) is 0.819. The molecule has 0 aliphatic carbocycles. The van der Waals surface area contributed by atoms with Gasteiger partial charge in [0.1, 0.15) is 5.69 Å². The van der Waals surface area contributed by atoms with Gasteiger partial charge >= 0.3 is 0 Å². The van der Waals surface area contributed by atoms with Crippen LogP contribution in [0.25, 0.3) is 0 Å². The van der Waals surface area contributed by atoms with Crippen LogP contribution in [0.4, 0.5) is 14.5 Å². The highest BCUT2D eigenvalue weighted by molar-refractivity contribution is 9.10. The molecule has 0 radical (unpaired) electrons. The summed E-state index contributed by atoms with van der Waals surface area (Å²) in [6, 6.07) is 0. The number of nitrogens with two attached hydrogens (primary N) is 1. The summed E-state index contributed by atoms with van der Waals surface area (Å²) in [7, 11) is 0. The van der Waals surface area contributed by atoms with Crippen molar-refractivity contribution in [2.45, 2.75) is 6.43 Å². The van der Waals surface area contributed by atoms with Gasteiger partial charge in [-0.05, 0) is 15.9 Å². The molecule has 2 N–H and O–H groups in total. The lowest BCUT2D eigenvalue weighted by Crippen LogP contribution is -2.03. The predicted molar refractivity (Wildman–Crippen MR) is 46.7 cm³/mol. The van der Waals surface area contributed by atoms with Gasteiger partial charge in [-0.15, -0.1) is 0 Å². The van der Waals surface area contributed by atoms with Gasteiger partial charge in [0, 0.05) is 6.20 Å².